The van der Waals surface area contributed by atoms with Gasteiger partial charge in [-0.3, -0.25) is 0 Å². The summed E-state index contributed by atoms with van der Waals surface area (Å²) in [5.74, 6) is 1.88. The van der Waals surface area contributed by atoms with E-state index in [9.17, 15) is 0 Å². The quantitative estimate of drug-likeness (QED) is 0.453. The van der Waals surface area contributed by atoms with E-state index in [4.69, 9.17) is 6.64 Å². The fourth-order valence-corrected chi connectivity index (χ4v) is 4.63. The zero-order chi connectivity index (χ0) is 19.7. The summed E-state index contributed by atoms with van der Waals surface area (Å²) >= 11 is -2.47. The number of hydrogen-bond acceptors (Lipinski definition) is 2. The molecule has 0 N–H and O–H groups in total. The zero-order valence-corrected chi connectivity index (χ0v) is 21.5. The topological polar surface area (TPSA) is 18.5 Å². The molecule has 28 heavy (non-hydrogen) atoms. The van der Waals surface area contributed by atoms with Crippen molar-refractivity contribution < 1.29 is 24.8 Å². The monoisotopic (exact) mass is 460 g/mol. The van der Waals surface area contributed by atoms with Crippen LogP contribution >= 0.6 is 24.8 Å². The molecule has 0 aliphatic heterocycles. The van der Waals surface area contributed by atoms with Crippen molar-refractivity contribution in [2.75, 3.05) is 0 Å². The van der Waals surface area contributed by atoms with Crippen LogP contribution in [-0.2, 0) is 29.0 Å². The van der Waals surface area contributed by atoms with Gasteiger partial charge in [-0.2, -0.15) is 0 Å². The van der Waals surface area contributed by atoms with Crippen LogP contribution in [0, 0.1) is 13.8 Å². The third kappa shape index (κ3) is 6.63. The van der Waals surface area contributed by atoms with Gasteiger partial charge in [0.15, 0.2) is 0 Å². The van der Waals surface area contributed by atoms with Crippen molar-refractivity contribution >= 4 is 29.6 Å². The first-order chi connectivity index (χ1) is 11.9. The normalized spacial score (nSPS) is 11.1. The van der Waals surface area contributed by atoms with Gasteiger partial charge in [0.05, 0.1) is 0 Å². The molecule has 0 heterocycles. The third-order valence-electron chi connectivity index (χ3n) is 4.47. The van der Waals surface area contributed by atoms with Crippen LogP contribution in [0.3, 0.4) is 0 Å². The first kappa shape index (κ1) is 27.2. The van der Waals surface area contributed by atoms with E-state index in [2.05, 4.69) is 96.6 Å². The Balaban J connectivity index is 0.00000364. The molecule has 2 nitrogen and oxygen atoms in total. The van der Waals surface area contributed by atoms with Crippen molar-refractivity contribution in [3.8, 4) is 11.5 Å². The molecule has 0 fully saturated rings. The molecule has 0 saturated carbocycles. The van der Waals surface area contributed by atoms with E-state index in [-0.39, 0.29) is 35.6 Å². The predicted octanol–water partition coefficient (Wildman–Crippen LogP) is 7.08. The number of hydrogen-bond donors (Lipinski definition) is 0. The summed E-state index contributed by atoms with van der Waals surface area (Å²) in [6.45, 7) is 17.4. The Hall–Kier alpha value is -0.796. The average molecular weight is 461 g/mol. The number of rotatable bonds is 4. The molecule has 0 saturated heterocycles. The summed E-state index contributed by atoms with van der Waals surface area (Å²) in [4.78, 5) is 4.28. The molecule has 0 aromatic heterocycles. The summed E-state index contributed by atoms with van der Waals surface area (Å²) in [6, 6.07) is 12.6. The van der Waals surface area contributed by atoms with Gasteiger partial charge < -0.3 is 0 Å². The maximum absolute atomic E-state index is 6.36. The Labute approximate surface area is 190 Å². The second-order valence-electron chi connectivity index (χ2n) is 8.98. The molecular weight excluding hydrogens is 427 g/mol. The van der Waals surface area contributed by atoms with Crippen LogP contribution in [0.4, 0.5) is 0 Å². The van der Waals surface area contributed by atoms with E-state index in [1.807, 2.05) is 0 Å². The Kier molecular flexibility index (Phi) is 10.0. The molecule has 0 aliphatic carbocycles. The molecular formula is C23H34Cl2O2Ti. The van der Waals surface area contributed by atoms with Crippen molar-refractivity contribution in [3.63, 3.8) is 0 Å². The Morgan fingerprint density at radius 2 is 1.00 bits per heavy atom. The molecule has 2 aromatic rings. The number of benzene rings is 2. The molecule has 0 spiro atoms. The summed E-state index contributed by atoms with van der Waals surface area (Å²) in [6.07, 6.45) is 0. The van der Waals surface area contributed by atoms with Crippen LogP contribution < -0.4 is 6.64 Å². The summed E-state index contributed by atoms with van der Waals surface area (Å²) in [5, 5.41) is 0. The Bertz CT molecular complexity index is 751. The Morgan fingerprint density at radius 1 is 0.679 bits per heavy atom. The van der Waals surface area contributed by atoms with E-state index in [0.29, 0.717) is 0 Å². The van der Waals surface area contributed by atoms with E-state index in [1.54, 1.807) is 0 Å². The van der Waals surface area contributed by atoms with Crippen LogP contribution in [0.15, 0.2) is 36.4 Å². The van der Waals surface area contributed by atoms with Crippen molar-refractivity contribution in [1.29, 1.82) is 0 Å². The first-order valence-electron chi connectivity index (χ1n) is 9.16. The number of halogens is 2. The van der Waals surface area contributed by atoms with Crippen LogP contribution in [-0.4, -0.2) is 4.82 Å². The molecule has 0 radical (unpaired) electrons. The maximum atomic E-state index is 6.36. The van der Waals surface area contributed by atoms with E-state index < -0.39 is 18.2 Å². The van der Waals surface area contributed by atoms with Gasteiger partial charge in [0, 0.05) is 0 Å². The van der Waals surface area contributed by atoms with E-state index >= 15 is 0 Å². The van der Waals surface area contributed by atoms with Crippen molar-refractivity contribution in [2.45, 2.75) is 66.2 Å². The standard InChI is InChI=1S/2C11H16O.CH2.2ClH.Ti/c2*1-8-6-5-7-9(10(8)12)11(2,3)4;;;;/h2*5-7,12H,1-4H3;1H2;2*1H;/q;;;;;+2/p-2. The van der Waals surface area contributed by atoms with Crippen molar-refractivity contribution in [1.82, 2.24) is 0 Å². The van der Waals surface area contributed by atoms with Gasteiger partial charge in [-0.1, -0.05) is 0 Å². The van der Waals surface area contributed by atoms with Gasteiger partial charge in [0.2, 0.25) is 0 Å². The molecule has 0 amide bonds. The molecule has 0 unspecified atom stereocenters. The zero-order valence-electron chi connectivity index (χ0n) is 18.3. The van der Waals surface area contributed by atoms with Crippen molar-refractivity contribution in [2.24, 2.45) is 0 Å². The summed E-state index contributed by atoms with van der Waals surface area (Å²) in [5.41, 5.74) is 4.70. The fraction of sp³-hybridized carbons (Fsp3) is 0.435. The first-order valence-corrected chi connectivity index (χ1v) is 11.5. The molecule has 2 aromatic carbocycles. The fourth-order valence-electron chi connectivity index (χ4n) is 3.01. The molecule has 2 rings (SSSR count). The van der Waals surface area contributed by atoms with Gasteiger partial charge >= 0.3 is 166 Å². The molecule has 5 heteroatoms. The van der Waals surface area contributed by atoms with E-state index in [0.717, 1.165) is 22.6 Å². The van der Waals surface area contributed by atoms with Crippen LogP contribution in [0.25, 0.3) is 0 Å². The summed E-state index contributed by atoms with van der Waals surface area (Å²) in [7, 11) is 0. The number of para-hydroxylation sites is 2. The predicted molar refractivity (Wildman–Crippen MR) is 123 cm³/mol. The summed E-state index contributed by atoms with van der Waals surface area (Å²) < 4.78 is 12.7. The average Bonchev–Trinajstić information content (AvgIpc) is 2.49. The molecule has 156 valence electrons. The van der Waals surface area contributed by atoms with Gasteiger partial charge in [-0.05, 0) is 0 Å². The minimum absolute atomic E-state index is 0. The Morgan fingerprint density at radius 3 is 1.29 bits per heavy atom. The van der Waals surface area contributed by atoms with Gasteiger partial charge in [0.25, 0.3) is 0 Å². The second kappa shape index (κ2) is 10.3. The third-order valence-corrected chi connectivity index (χ3v) is 5.82. The molecule has 0 bridgehead atoms. The van der Waals surface area contributed by atoms with Crippen molar-refractivity contribution in [3.05, 3.63) is 58.7 Å². The second-order valence-corrected chi connectivity index (χ2v) is 10.8. The molecule has 0 atom stereocenters. The van der Waals surface area contributed by atoms with Gasteiger partial charge in [-0.25, -0.2) is 0 Å². The van der Waals surface area contributed by atoms with Crippen LogP contribution in [0.1, 0.15) is 63.8 Å². The van der Waals surface area contributed by atoms with Crippen LogP contribution in [0.5, 0.6) is 11.5 Å². The van der Waals surface area contributed by atoms with Gasteiger partial charge in [-0.15, -0.1) is 24.8 Å². The number of aryl methyl sites for hydroxylation is 2. The van der Waals surface area contributed by atoms with Gasteiger partial charge in [0.1, 0.15) is 0 Å². The van der Waals surface area contributed by atoms with E-state index in [1.165, 1.54) is 11.1 Å². The van der Waals surface area contributed by atoms with Crippen LogP contribution in [0.2, 0.25) is 0 Å². The SMILES string of the molecule is Cl.Cl.[CH2]=[Ti]([O]c1c(C)cccc1C(C)(C)C)[O]c1c(C)cccc1C(C)(C)C. The molecule has 0 aliphatic rings. The minimum atomic E-state index is -2.47.